The van der Waals surface area contributed by atoms with Crippen molar-refractivity contribution in [3.05, 3.63) is 113 Å². The lowest BCUT2D eigenvalue weighted by Crippen LogP contribution is -2.28. The standard InChI is InChI=1S/C25H19BrP/c26-20-16-14-19(15-17-20)18-27(21-8-2-1-3-9-21)24-12-6-4-10-22(24)23-11-5-7-13-25(23)27/h1-17H,18H2/q+1. The van der Waals surface area contributed by atoms with Crippen molar-refractivity contribution in [1.29, 1.82) is 0 Å². The first-order valence-electron chi connectivity index (χ1n) is 9.17. The maximum absolute atomic E-state index is 3.58. The Bertz CT molecular complexity index is 1050. The highest BCUT2D eigenvalue weighted by Gasteiger charge is 2.52. The lowest BCUT2D eigenvalue weighted by atomic mass is 10.1. The zero-order chi connectivity index (χ0) is 18.3. The molecule has 0 N–H and O–H groups in total. The van der Waals surface area contributed by atoms with Gasteiger partial charge >= 0.3 is 0 Å². The van der Waals surface area contributed by atoms with Crippen LogP contribution in [0.2, 0.25) is 0 Å². The van der Waals surface area contributed by atoms with Crippen LogP contribution in [0.1, 0.15) is 5.56 Å². The van der Waals surface area contributed by atoms with Crippen LogP contribution in [0.25, 0.3) is 11.1 Å². The zero-order valence-corrected chi connectivity index (χ0v) is 17.3. The molecule has 130 valence electrons. The Morgan fingerprint density at radius 2 is 1.07 bits per heavy atom. The first-order chi connectivity index (χ1) is 13.3. The van der Waals surface area contributed by atoms with E-state index >= 15 is 0 Å². The summed E-state index contributed by atoms with van der Waals surface area (Å²) >= 11 is 3.58. The Morgan fingerprint density at radius 1 is 0.556 bits per heavy atom. The molecule has 0 bridgehead atoms. The van der Waals surface area contributed by atoms with Gasteiger partial charge in [-0.3, -0.25) is 0 Å². The molecule has 0 atom stereocenters. The molecule has 5 rings (SSSR count). The van der Waals surface area contributed by atoms with E-state index in [9.17, 15) is 0 Å². The molecular weight excluding hydrogens is 411 g/mol. The van der Waals surface area contributed by atoms with E-state index in [-0.39, 0.29) is 0 Å². The fourth-order valence-electron chi connectivity index (χ4n) is 4.28. The molecule has 2 heteroatoms. The molecule has 0 saturated heterocycles. The maximum atomic E-state index is 3.58. The van der Waals surface area contributed by atoms with Crippen LogP contribution < -0.4 is 15.9 Å². The molecule has 0 radical (unpaired) electrons. The lowest BCUT2D eigenvalue weighted by Gasteiger charge is -2.24. The van der Waals surface area contributed by atoms with Gasteiger partial charge in [0, 0.05) is 15.6 Å². The fourth-order valence-corrected chi connectivity index (χ4v) is 9.22. The van der Waals surface area contributed by atoms with Gasteiger partial charge in [0.1, 0.15) is 23.2 Å². The van der Waals surface area contributed by atoms with E-state index in [0.717, 1.165) is 10.6 Å². The van der Waals surface area contributed by atoms with Crippen LogP contribution in [0.5, 0.6) is 0 Å². The minimum Gasteiger partial charge on any atom is -0.0620 e. The predicted octanol–water partition coefficient (Wildman–Crippen LogP) is 5.92. The van der Waals surface area contributed by atoms with E-state index in [4.69, 9.17) is 0 Å². The molecule has 27 heavy (non-hydrogen) atoms. The van der Waals surface area contributed by atoms with Crippen molar-refractivity contribution in [3.8, 4) is 11.1 Å². The summed E-state index contributed by atoms with van der Waals surface area (Å²) in [5, 5.41) is 4.49. The largest absolute Gasteiger partial charge is 0.117 e. The normalized spacial score (nSPS) is 13.8. The van der Waals surface area contributed by atoms with Crippen LogP contribution in [-0.2, 0) is 6.16 Å². The second-order valence-electron chi connectivity index (χ2n) is 6.96. The Balaban J connectivity index is 1.82. The van der Waals surface area contributed by atoms with Crippen molar-refractivity contribution >= 4 is 39.1 Å². The minimum absolute atomic E-state index is 1.05. The molecule has 4 aromatic rings. The SMILES string of the molecule is Brc1ccc(C[P+]2(c3ccccc3)c3ccccc3-c3ccccc32)cc1. The summed E-state index contributed by atoms with van der Waals surface area (Å²) in [6.45, 7) is 0. The van der Waals surface area contributed by atoms with Crippen molar-refractivity contribution in [2.75, 3.05) is 0 Å². The maximum Gasteiger partial charge on any atom is 0.117 e. The van der Waals surface area contributed by atoms with Crippen LogP contribution in [0.4, 0.5) is 0 Å². The van der Waals surface area contributed by atoms with Gasteiger partial charge in [-0.15, -0.1) is 0 Å². The summed E-state index contributed by atoms with van der Waals surface area (Å²) in [4.78, 5) is 0. The van der Waals surface area contributed by atoms with Gasteiger partial charge in [-0.2, -0.15) is 0 Å². The molecule has 0 aliphatic carbocycles. The Morgan fingerprint density at radius 3 is 1.67 bits per heavy atom. The van der Waals surface area contributed by atoms with Crippen LogP contribution >= 0.6 is 23.2 Å². The van der Waals surface area contributed by atoms with Gasteiger partial charge in [-0.1, -0.05) is 82.7 Å². The first-order valence-corrected chi connectivity index (χ1v) is 11.9. The molecule has 0 fully saturated rings. The Kier molecular flexibility index (Phi) is 4.23. The van der Waals surface area contributed by atoms with Crippen LogP contribution in [0, 0.1) is 0 Å². The third-order valence-corrected chi connectivity index (χ3v) is 10.4. The summed E-state index contributed by atoms with van der Waals surface area (Å²) < 4.78 is 1.13. The van der Waals surface area contributed by atoms with Crippen LogP contribution in [-0.4, -0.2) is 0 Å². The Hall–Kier alpha value is -2.21. The number of fused-ring (bicyclic) bond motifs is 3. The number of halogens is 1. The van der Waals surface area contributed by atoms with Gasteiger partial charge in [0.2, 0.25) is 0 Å². The monoisotopic (exact) mass is 429 g/mol. The number of benzene rings is 4. The summed E-state index contributed by atoms with van der Waals surface area (Å²) in [6.07, 6.45) is 1.05. The van der Waals surface area contributed by atoms with Gasteiger partial charge in [0.15, 0.2) is 0 Å². The molecule has 0 nitrogen and oxygen atoms in total. The second-order valence-corrected chi connectivity index (χ2v) is 11.3. The molecular formula is C25H19BrP+. The summed E-state index contributed by atoms with van der Waals surface area (Å²) in [6, 6.07) is 38.0. The highest BCUT2D eigenvalue weighted by atomic mass is 79.9. The van der Waals surface area contributed by atoms with Crippen LogP contribution in [0.15, 0.2) is 108 Å². The van der Waals surface area contributed by atoms with E-state index in [1.807, 2.05) is 0 Å². The van der Waals surface area contributed by atoms with E-state index in [1.54, 1.807) is 0 Å². The summed E-state index contributed by atoms with van der Waals surface area (Å²) in [5.41, 5.74) is 4.20. The van der Waals surface area contributed by atoms with E-state index in [2.05, 4.69) is 119 Å². The molecule has 0 amide bonds. The molecule has 0 unspecified atom stereocenters. The molecule has 0 spiro atoms. The molecule has 1 heterocycles. The van der Waals surface area contributed by atoms with E-state index < -0.39 is 7.26 Å². The third-order valence-electron chi connectivity index (χ3n) is 5.45. The highest BCUT2D eigenvalue weighted by Crippen LogP contribution is 2.64. The highest BCUT2D eigenvalue weighted by molar-refractivity contribution is 9.10. The minimum atomic E-state index is -1.73. The summed E-state index contributed by atoms with van der Waals surface area (Å²) in [5.74, 6) is 0. The van der Waals surface area contributed by atoms with Gasteiger partial charge in [-0.25, -0.2) is 0 Å². The van der Waals surface area contributed by atoms with Crippen LogP contribution in [0.3, 0.4) is 0 Å². The average Bonchev–Trinajstić information content (AvgIpc) is 3.02. The second kappa shape index (κ2) is 6.75. The molecule has 1 aliphatic heterocycles. The number of hydrogen-bond acceptors (Lipinski definition) is 0. The van der Waals surface area contributed by atoms with Crippen molar-refractivity contribution in [2.45, 2.75) is 6.16 Å². The third kappa shape index (κ3) is 2.69. The molecule has 0 aromatic heterocycles. The molecule has 0 saturated carbocycles. The summed E-state index contributed by atoms with van der Waals surface area (Å²) in [7, 11) is -1.73. The van der Waals surface area contributed by atoms with Crippen molar-refractivity contribution in [2.24, 2.45) is 0 Å². The zero-order valence-electron chi connectivity index (χ0n) is 14.8. The smallest absolute Gasteiger partial charge is 0.0620 e. The van der Waals surface area contributed by atoms with Gasteiger partial charge < -0.3 is 0 Å². The molecule has 1 aliphatic rings. The Labute approximate surface area is 169 Å². The van der Waals surface area contributed by atoms with E-state index in [1.165, 1.54) is 32.6 Å². The van der Waals surface area contributed by atoms with Gasteiger partial charge in [0.25, 0.3) is 0 Å². The number of hydrogen-bond donors (Lipinski definition) is 0. The van der Waals surface area contributed by atoms with Crippen molar-refractivity contribution < 1.29 is 0 Å². The fraction of sp³-hybridized carbons (Fsp3) is 0.0400. The first kappa shape index (κ1) is 16.9. The van der Waals surface area contributed by atoms with Crippen molar-refractivity contribution in [1.82, 2.24) is 0 Å². The predicted molar refractivity (Wildman–Crippen MR) is 122 cm³/mol. The topological polar surface area (TPSA) is 0 Å². The van der Waals surface area contributed by atoms with Gasteiger partial charge in [-0.05, 0) is 42.0 Å². The average molecular weight is 430 g/mol. The molecule has 4 aromatic carbocycles. The quantitative estimate of drug-likeness (QED) is 0.354. The lowest BCUT2D eigenvalue weighted by molar-refractivity contribution is 1.38. The van der Waals surface area contributed by atoms with E-state index in [0.29, 0.717) is 0 Å². The van der Waals surface area contributed by atoms with Gasteiger partial charge in [0.05, 0.1) is 6.16 Å². The van der Waals surface area contributed by atoms with Crippen molar-refractivity contribution in [3.63, 3.8) is 0 Å². The number of rotatable bonds is 3.